The van der Waals surface area contributed by atoms with E-state index in [1.54, 1.807) is 24.7 Å². The number of nitrogens with zero attached hydrogens (tertiary/aromatic N) is 1. The lowest BCUT2D eigenvalue weighted by Crippen LogP contribution is -1.77. The van der Waals surface area contributed by atoms with Crippen LogP contribution in [-0.2, 0) is 0 Å². The van der Waals surface area contributed by atoms with Crippen molar-refractivity contribution in [1.82, 2.24) is 4.98 Å². The van der Waals surface area contributed by atoms with Crippen molar-refractivity contribution in [2.45, 2.75) is 0 Å². The fourth-order valence-electron chi connectivity index (χ4n) is 1.75. The van der Waals surface area contributed by atoms with Gasteiger partial charge in [0.05, 0.1) is 6.26 Å². The summed E-state index contributed by atoms with van der Waals surface area (Å²) in [7, 11) is 0. The van der Waals surface area contributed by atoms with Crippen molar-refractivity contribution in [3.8, 4) is 11.3 Å². The Labute approximate surface area is 91.3 Å². The van der Waals surface area contributed by atoms with Gasteiger partial charge in [0.25, 0.3) is 0 Å². The summed E-state index contributed by atoms with van der Waals surface area (Å²) in [4.78, 5) is 3.95. The summed E-state index contributed by atoms with van der Waals surface area (Å²) in [6.07, 6.45) is 4.97. The number of fused-ring (bicyclic) bond motifs is 1. The third-order valence-electron chi connectivity index (χ3n) is 2.50. The summed E-state index contributed by atoms with van der Waals surface area (Å²) in [5.41, 5.74) is 0.941. The van der Waals surface area contributed by atoms with Crippen LogP contribution in [0.3, 0.4) is 0 Å². The van der Waals surface area contributed by atoms with Crippen LogP contribution in [0.5, 0.6) is 0 Å². The van der Waals surface area contributed by atoms with Crippen molar-refractivity contribution < 1.29 is 8.81 Å². The predicted molar refractivity (Wildman–Crippen MR) is 59.4 cm³/mol. The molecule has 0 spiro atoms. The first kappa shape index (κ1) is 9.09. The van der Waals surface area contributed by atoms with Crippen LogP contribution in [0.4, 0.5) is 4.39 Å². The first-order chi connectivity index (χ1) is 7.84. The molecule has 0 aliphatic rings. The van der Waals surface area contributed by atoms with Gasteiger partial charge in [-0.05, 0) is 30.3 Å². The zero-order chi connectivity index (χ0) is 11.0. The van der Waals surface area contributed by atoms with Crippen molar-refractivity contribution in [2.75, 3.05) is 0 Å². The van der Waals surface area contributed by atoms with E-state index in [1.165, 1.54) is 12.1 Å². The number of halogens is 1. The van der Waals surface area contributed by atoms with Crippen LogP contribution in [0.25, 0.3) is 22.1 Å². The van der Waals surface area contributed by atoms with E-state index in [9.17, 15) is 4.39 Å². The third kappa shape index (κ3) is 1.37. The van der Waals surface area contributed by atoms with E-state index in [2.05, 4.69) is 4.98 Å². The molecule has 2 heterocycles. The van der Waals surface area contributed by atoms with Gasteiger partial charge in [-0.2, -0.15) is 0 Å². The van der Waals surface area contributed by atoms with Crippen molar-refractivity contribution in [3.63, 3.8) is 0 Å². The Kier molecular flexibility index (Phi) is 1.96. The lowest BCUT2D eigenvalue weighted by molar-refractivity contribution is 0.586. The second-order valence-corrected chi connectivity index (χ2v) is 3.53. The SMILES string of the molecule is Fc1ccc2c(-c3ccncc3)occ2c1. The molecule has 0 saturated carbocycles. The third-order valence-corrected chi connectivity index (χ3v) is 2.50. The van der Waals surface area contributed by atoms with Crippen LogP contribution in [0.1, 0.15) is 0 Å². The Balaban J connectivity index is 2.26. The van der Waals surface area contributed by atoms with Crippen LogP contribution < -0.4 is 0 Å². The highest BCUT2D eigenvalue weighted by atomic mass is 19.1. The number of rotatable bonds is 1. The van der Waals surface area contributed by atoms with Gasteiger partial charge >= 0.3 is 0 Å². The highest BCUT2D eigenvalue weighted by Gasteiger charge is 2.08. The molecular weight excluding hydrogens is 205 g/mol. The summed E-state index contributed by atoms with van der Waals surface area (Å²) < 4.78 is 18.5. The van der Waals surface area contributed by atoms with Gasteiger partial charge in [-0.25, -0.2) is 4.39 Å². The van der Waals surface area contributed by atoms with E-state index in [1.807, 2.05) is 12.1 Å². The van der Waals surface area contributed by atoms with E-state index < -0.39 is 0 Å². The topological polar surface area (TPSA) is 26.0 Å². The highest BCUT2D eigenvalue weighted by Crippen LogP contribution is 2.30. The van der Waals surface area contributed by atoms with Gasteiger partial charge in [0.15, 0.2) is 0 Å². The lowest BCUT2D eigenvalue weighted by Gasteiger charge is -1.96. The molecular formula is C13H8FNO. The summed E-state index contributed by atoms with van der Waals surface area (Å²) >= 11 is 0. The first-order valence-electron chi connectivity index (χ1n) is 4.92. The minimum atomic E-state index is -0.255. The normalized spacial score (nSPS) is 10.8. The number of pyridine rings is 1. The zero-order valence-electron chi connectivity index (χ0n) is 8.35. The molecule has 0 atom stereocenters. The zero-order valence-corrected chi connectivity index (χ0v) is 8.35. The van der Waals surface area contributed by atoms with Crippen LogP contribution >= 0.6 is 0 Å². The van der Waals surface area contributed by atoms with Gasteiger partial charge in [0.2, 0.25) is 0 Å². The molecule has 0 aliphatic heterocycles. The largest absolute Gasteiger partial charge is 0.463 e. The van der Waals surface area contributed by atoms with E-state index in [-0.39, 0.29) is 5.82 Å². The van der Waals surface area contributed by atoms with Gasteiger partial charge < -0.3 is 4.42 Å². The van der Waals surface area contributed by atoms with E-state index >= 15 is 0 Å². The summed E-state index contributed by atoms with van der Waals surface area (Å²) in [5, 5.41) is 1.68. The van der Waals surface area contributed by atoms with Gasteiger partial charge in [0, 0.05) is 28.7 Å². The maximum atomic E-state index is 13.0. The molecule has 1 aromatic carbocycles. The second-order valence-electron chi connectivity index (χ2n) is 3.53. The van der Waals surface area contributed by atoms with Crippen molar-refractivity contribution in [2.24, 2.45) is 0 Å². The molecule has 0 radical (unpaired) electrons. The minimum absolute atomic E-state index is 0.255. The predicted octanol–water partition coefficient (Wildman–Crippen LogP) is 3.63. The average molecular weight is 213 g/mol. The Bertz CT molecular complexity index is 631. The molecule has 0 saturated heterocycles. The minimum Gasteiger partial charge on any atom is -0.463 e. The van der Waals surface area contributed by atoms with E-state index in [0.717, 1.165) is 22.1 Å². The fourth-order valence-corrected chi connectivity index (χ4v) is 1.75. The van der Waals surface area contributed by atoms with Crippen molar-refractivity contribution in [3.05, 3.63) is 54.8 Å². The molecule has 0 fully saturated rings. The van der Waals surface area contributed by atoms with Gasteiger partial charge in [-0.1, -0.05) is 0 Å². The Morgan fingerprint density at radius 1 is 1.06 bits per heavy atom. The number of hydrogen-bond acceptors (Lipinski definition) is 2. The Hall–Kier alpha value is -2.16. The van der Waals surface area contributed by atoms with Crippen molar-refractivity contribution in [1.29, 1.82) is 0 Å². The van der Waals surface area contributed by atoms with E-state index in [0.29, 0.717) is 0 Å². The Morgan fingerprint density at radius 3 is 2.69 bits per heavy atom. The van der Waals surface area contributed by atoms with Crippen molar-refractivity contribution >= 4 is 10.8 Å². The van der Waals surface area contributed by atoms with Crippen LogP contribution in [0.2, 0.25) is 0 Å². The molecule has 0 N–H and O–H groups in total. The molecule has 3 rings (SSSR count). The summed E-state index contributed by atoms with van der Waals surface area (Å²) in [5.74, 6) is 0.493. The maximum absolute atomic E-state index is 13.0. The molecule has 16 heavy (non-hydrogen) atoms. The standard InChI is InChI=1S/C13H8FNO/c14-11-1-2-12-10(7-11)8-16-13(12)9-3-5-15-6-4-9/h1-8H. The summed E-state index contributed by atoms with van der Waals surface area (Å²) in [6.45, 7) is 0. The number of aromatic nitrogens is 1. The number of benzene rings is 1. The highest BCUT2D eigenvalue weighted by molar-refractivity contribution is 5.93. The van der Waals surface area contributed by atoms with Crippen LogP contribution in [-0.4, -0.2) is 4.98 Å². The molecule has 78 valence electrons. The average Bonchev–Trinajstić information content (AvgIpc) is 2.73. The van der Waals surface area contributed by atoms with Gasteiger partial charge in [0.1, 0.15) is 11.6 Å². The summed E-state index contributed by atoms with van der Waals surface area (Å²) in [6, 6.07) is 8.35. The molecule has 3 aromatic rings. The quantitative estimate of drug-likeness (QED) is 0.616. The van der Waals surface area contributed by atoms with Crippen LogP contribution in [0.15, 0.2) is 53.4 Å². The van der Waals surface area contributed by atoms with E-state index in [4.69, 9.17) is 4.42 Å². The molecule has 0 bridgehead atoms. The monoisotopic (exact) mass is 213 g/mol. The fraction of sp³-hybridized carbons (Fsp3) is 0. The van der Waals surface area contributed by atoms with Gasteiger partial charge in [-0.3, -0.25) is 4.98 Å². The smallest absolute Gasteiger partial charge is 0.141 e. The maximum Gasteiger partial charge on any atom is 0.141 e. The lowest BCUT2D eigenvalue weighted by atomic mass is 10.1. The molecule has 0 unspecified atom stereocenters. The molecule has 3 heteroatoms. The van der Waals surface area contributed by atoms with Crippen LogP contribution in [0, 0.1) is 5.82 Å². The molecule has 0 aliphatic carbocycles. The van der Waals surface area contributed by atoms with Gasteiger partial charge in [-0.15, -0.1) is 0 Å². The molecule has 0 amide bonds. The number of hydrogen-bond donors (Lipinski definition) is 0. The molecule has 2 nitrogen and oxygen atoms in total. The second kappa shape index (κ2) is 3.45. The number of furan rings is 1. The Morgan fingerprint density at radius 2 is 1.88 bits per heavy atom. The molecule has 2 aromatic heterocycles. The first-order valence-corrected chi connectivity index (χ1v) is 4.92.